The van der Waals surface area contributed by atoms with E-state index < -0.39 is 0 Å². The van der Waals surface area contributed by atoms with Crippen molar-refractivity contribution in [2.24, 2.45) is 0 Å². The number of fused-ring (bicyclic) bond motifs is 5. The lowest BCUT2D eigenvalue weighted by atomic mass is 9.81. The molecule has 3 aromatic rings. The van der Waals surface area contributed by atoms with Crippen LogP contribution in [0.4, 0.5) is 0 Å². The van der Waals surface area contributed by atoms with Crippen LogP contribution in [-0.2, 0) is 12.8 Å². The van der Waals surface area contributed by atoms with Crippen LogP contribution in [0.15, 0.2) is 47.4 Å². The van der Waals surface area contributed by atoms with Gasteiger partial charge in [-0.05, 0) is 58.9 Å². The average molecular weight is 331 g/mol. The third kappa shape index (κ3) is 2.11. The summed E-state index contributed by atoms with van der Waals surface area (Å²) < 4.78 is 5.39. The Labute approximate surface area is 146 Å². The second kappa shape index (κ2) is 5.89. The summed E-state index contributed by atoms with van der Waals surface area (Å²) in [6.45, 7) is 0. The molecule has 0 unspecified atom stereocenters. The lowest BCUT2D eigenvalue weighted by molar-refractivity contribution is 0.415. The number of aryl methyl sites for hydroxylation is 1. The number of ether oxygens (including phenoxy) is 1. The maximum atomic E-state index is 9.80. The van der Waals surface area contributed by atoms with Crippen LogP contribution in [0.2, 0.25) is 0 Å². The van der Waals surface area contributed by atoms with Gasteiger partial charge in [0.25, 0.3) is 0 Å². The highest BCUT2D eigenvalue weighted by Crippen LogP contribution is 2.45. The van der Waals surface area contributed by atoms with Crippen molar-refractivity contribution in [2.75, 3.05) is 13.4 Å². The quantitative estimate of drug-likeness (QED) is 0.605. The van der Waals surface area contributed by atoms with E-state index >= 15 is 0 Å². The van der Waals surface area contributed by atoms with E-state index in [4.69, 9.17) is 4.74 Å². The maximum absolute atomic E-state index is 9.80. The van der Waals surface area contributed by atoms with Crippen molar-refractivity contribution >= 4 is 22.5 Å². The fourth-order valence-corrected chi connectivity index (χ4v) is 4.56. The molecule has 0 saturated heterocycles. The van der Waals surface area contributed by atoms with E-state index in [2.05, 4.69) is 42.7 Å². The van der Waals surface area contributed by atoms with Crippen molar-refractivity contribution in [3.05, 3.63) is 59.2 Å². The van der Waals surface area contributed by atoms with E-state index in [1.807, 2.05) is 12.1 Å². The van der Waals surface area contributed by atoms with E-state index in [0.29, 0.717) is 0 Å². The van der Waals surface area contributed by atoms with Crippen molar-refractivity contribution in [1.29, 1.82) is 5.26 Å². The van der Waals surface area contributed by atoms with Crippen molar-refractivity contribution in [1.82, 2.24) is 0 Å². The van der Waals surface area contributed by atoms with Gasteiger partial charge in [-0.3, -0.25) is 0 Å². The van der Waals surface area contributed by atoms with Crippen molar-refractivity contribution in [2.45, 2.75) is 17.7 Å². The van der Waals surface area contributed by atoms with Crippen molar-refractivity contribution < 1.29 is 4.74 Å². The van der Waals surface area contributed by atoms with Gasteiger partial charge in [0.15, 0.2) is 0 Å². The summed E-state index contributed by atoms with van der Waals surface area (Å²) in [6, 6.07) is 17.1. The summed E-state index contributed by atoms with van der Waals surface area (Å²) in [7, 11) is 1.66. The minimum absolute atomic E-state index is 0.773. The Bertz CT molecular complexity index is 1000. The number of rotatable bonds is 2. The van der Waals surface area contributed by atoms with E-state index in [-0.39, 0.29) is 0 Å². The molecule has 3 heteroatoms. The number of hydrogen-bond acceptors (Lipinski definition) is 3. The molecule has 2 nitrogen and oxygen atoms in total. The Morgan fingerprint density at radius 3 is 2.67 bits per heavy atom. The summed E-state index contributed by atoms with van der Waals surface area (Å²) in [5.74, 6) is 0.787. The van der Waals surface area contributed by atoms with Crippen LogP contribution in [0.1, 0.15) is 16.7 Å². The molecule has 0 aliphatic heterocycles. The molecule has 0 spiro atoms. The van der Waals surface area contributed by atoms with Gasteiger partial charge in [0.2, 0.25) is 0 Å². The highest BCUT2D eigenvalue weighted by molar-refractivity contribution is 7.98. The monoisotopic (exact) mass is 331 g/mol. The standard InChI is InChI=1S/C21H17NOS/c1-23-14-8-10-16-18(11-14)19(12-22)21(24-2)17-9-7-13-5-3-4-6-15(13)20(16)17/h3-6,8,10-11H,7,9H2,1-2H3. The predicted molar refractivity (Wildman–Crippen MR) is 99.8 cm³/mol. The first-order valence-electron chi connectivity index (χ1n) is 7.97. The minimum atomic E-state index is 0.773. The molecular formula is C21H17NOS. The minimum Gasteiger partial charge on any atom is -0.497 e. The Morgan fingerprint density at radius 1 is 1.08 bits per heavy atom. The summed E-state index contributed by atoms with van der Waals surface area (Å²) in [5.41, 5.74) is 6.07. The van der Waals surface area contributed by atoms with Gasteiger partial charge in [-0.1, -0.05) is 30.3 Å². The number of benzene rings is 3. The molecule has 0 saturated carbocycles. The van der Waals surface area contributed by atoms with Crippen LogP contribution < -0.4 is 4.74 Å². The normalized spacial score (nSPS) is 12.4. The van der Waals surface area contributed by atoms with Crippen molar-refractivity contribution in [3.8, 4) is 22.9 Å². The second-order valence-electron chi connectivity index (χ2n) is 5.94. The fourth-order valence-electron chi connectivity index (χ4n) is 3.75. The van der Waals surface area contributed by atoms with Crippen LogP contribution in [0, 0.1) is 11.3 Å². The Morgan fingerprint density at radius 2 is 1.92 bits per heavy atom. The van der Waals surface area contributed by atoms with Gasteiger partial charge in [0.05, 0.1) is 12.7 Å². The molecule has 24 heavy (non-hydrogen) atoms. The zero-order valence-electron chi connectivity index (χ0n) is 13.7. The fraction of sp³-hybridized carbons (Fsp3) is 0.190. The molecule has 0 fully saturated rings. The van der Waals surface area contributed by atoms with Gasteiger partial charge in [-0.25, -0.2) is 0 Å². The molecule has 4 rings (SSSR count). The third-order valence-corrected chi connectivity index (χ3v) is 5.67. The molecular weight excluding hydrogens is 314 g/mol. The number of nitrogens with zero attached hydrogens (tertiary/aromatic N) is 1. The highest BCUT2D eigenvalue weighted by Gasteiger charge is 2.24. The average Bonchev–Trinajstić information content (AvgIpc) is 2.65. The smallest absolute Gasteiger partial charge is 0.119 e. The van der Waals surface area contributed by atoms with E-state index in [1.165, 1.54) is 22.3 Å². The van der Waals surface area contributed by atoms with E-state index in [0.717, 1.165) is 39.8 Å². The zero-order chi connectivity index (χ0) is 16.7. The second-order valence-corrected chi connectivity index (χ2v) is 6.76. The van der Waals surface area contributed by atoms with Crippen LogP contribution in [-0.4, -0.2) is 13.4 Å². The van der Waals surface area contributed by atoms with Gasteiger partial charge in [0, 0.05) is 10.3 Å². The van der Waals surface area contributed by atoms with Crippen LogP contribution >= 0.6 is 11.8 Å². The molecule has 0 radical (unpaired) electrons. The molecule has 1 aliphatic carbocycles. The molecule has 0 amide bonds. The molecule has 118 valence electrons. The lowest BCUT2D eigenvalue weighted by Crippen LogP contribution is -2.07. The van der Waals surface area contributed by atoms with Gasteiger partial charge in [-0.2, -0.15) is 5.26 Å². The van der Waals surface area contributed by atoms with E-state index in [9.17, 15) is 5.26 Å². The molecule has 3 aromatic carbocycles. The SMILES string of the molecule is COc1ccc2c3c(c(SC)c(C#N)c2c1)CCc1ccccc1-3. The third-order valence-electron chi connectivity index (χ3n) is 4.82. The number of methoxy groups -OCH3 is 1. The molecule has 0 aromatic heterocycles. The number of hydrogen-bond donors (Lipinski definition) is 0. The Balaban J connectivity index is 2.19. The first-order valence-corrected chi connectivity index (χ1v) is 9.20. The Kier molecular flexibility index (Phi) is 3.70. The van der Waals surface area contributed by atoms with Gasteiger partial charge >= 0.3 is 0 Å². The Hall–Kier alpha value is -2.44. The molecule has 0 heterocycles. The summed E-state index contributed by atoms with van der Waals surface area (Å²) in [6.07, 6.45) is 4.07. The van der Waals surface area contributed by atoms with Gasteiger partial charge in [0.1, 0.15) is 11.8 Å². The predicted octanol–water partition coefficient (Wildman–Crippen LogP) is 5.21. The lowest BCUT2D eigenvalue weighted by Gasteiger charge is -2.25. The molecule has 0 atom stereocenters. The maximum Gasteiger partial charge on any atom is 0.119 e. The largest absolute Gasteiger partial charge is 0.497 e. The van der Waals surface area contributed by atoms with Gasteiger partial charge < -0.3 is 4.74 Å². The first kappa shape index (κ1) is 15.1. The molecule has 1 aliphatic rings. The molecule has 0 bridgehead atoms. The van der Waals surface area contributed by atoms with Crippen LogP contribution in [0.5, 0.6) is 5.75 Å². The van der Waals surface area contributed by atoms with Crippen LogP contribution in [0.25, 0.3) is 21.9 Å². The zero-order valence-corrected chi connectivity index (χ0v) is 14.5. The highest BCUT2D eigenvalue weighted by atomic mass is 32.2. The van der Waals surface area contributed by atoms with Gasteiger partial charge in [-0.15, -0.1) is 11.8 Å². The summed E-state index contributed by atoms with van der Waals surface area (Å²) in [5, 5.41) is 11.9. The first-order chi connectivity index (χ1) is 11.8. The summed E-state index contributed by atoms with van der Waals surface area (Å²) >= 11 is 1.67. The molecule has 0 N–H and O–H groups in total. The van der Waals surface area contributed by atoms with Crippen molar-refractivity contribution in [3.63, 3.8) is 0 Å². The topological polar surface area (TPSA) is 33.0 Å². The van der Waals surface area contributed by atoms with Crippen LogP contribution in [0.3, 0.4) is 0 Å². The van der Waals surface area contributed by atoms with E-state index in [1.54, 1.807) is 18.9 Å². The summed E-state index contributed by atoms with van der Waals surface area (Å²) in [4.78, 5) is 1.11. The number of nitriles is 1. The number of thioether (sulfide) groups is 1.